The number of nitrogens with zero attached hydrogens (tertiary/aromatic N) is 1. The number of hydrogen-bond donors (Lipinski definition) is 1. The second-order valence-corrected chi connectivity index (χ2v) is 9.65. The van der Waals surface area contributed by atoms with Crippen LogP contribution in [0.3, 0.4) is 0 Å². The average Bonchev–Trinajstić information content (AvgIpc) is 2.84. The van der Waals surface area contributed by atoms with Crippen LogP contribution in [0.5, 0.6) is 11.5 Å². The fourth-order valence-corrected chi connectivity index (χ4v) is 5.13. The van der Waals surface area contributed by atoms with Crippen LogP contribution in [0.25, 0.3) is 0 Å². The fraction of sp³-hybridized carbons (Fsp3) is 0.208. The second kappa shape index (κ2) is 10.6. The van der Waals surface area contributed by atoms with Gasteiger partial charge >= 0.3 is 0 Å². The molecule has 9 heteroatoms. The van der Waals surface area contributed by atoms with Crippen molar-refractivity contribution >= 4 is 39.1 Å². The zero-order valence-corrected chi connectivity index (χ0v) is 20.5. The summed E-state index contributed by atoms with van der Waals surface area (Å²) in [5, 5.41) is 2.80. The van der Waals surface area contributed by atoms with Gasteiger partial charge in [0, 0.05) is 23.1 Å². The van der Waals surface area contributed by atoms with Crippen molar-refractivity contribution in [3.63, 3.8) is 0 Å². The maximum atomic E-state index is 13.2. The van der Waals surface area contributed by atoms with E-state index in [4.69, 9.17) is 9.47 Å². The number of thioether (sulfide) groups is 1. The Kier molecular flexibility index (Phi) is 7.88. The number of hydrogen-bond acceptors (Lipinski definition) is 6. The highest BCUT2D eigenvalue weighted by molar-refractivity contribution is 7.98. The molecule has 0 aromatic heterocycles. The van der Waals surface area contributed by atoms with Gasteiger partial charge in [0.25, 0.3) is 15.9 Å². The molecule has 7 nitrogen and oxygen atoms in total. The van der Waals surface area contributed by atoms with E-state index in [0.29, 0.717) is 28.4 Å². The van der Waals surface area contributed by atoms with Crippen molar-refractivity contribution in [2.75, 3.05) is 36.6 Å². The number of anilines is 2. The molecular weight excluding hydrogens is 460 g/mol. The van der Waals surface area contributed by atoms with Crippen LogP contribution < -0.4 is 19.1 Å². The van der Waals surface area contributed by atoms with E-state index in [1.807, 2.05) is 6.26 Å². The zero-order chi connectivity index (χ0) is 24.0. The van der Waals surface area contributed by atoms with Crippen molar-refractivity contribution in [2.45, 2.75) is 16.7 Å². The SMILES string of the molecule is CCN(c1ccc(C(=O)Nc2cc(OC)ccc2OC)cc1)S(=O)(=O)c1ccc(SC)cc1. The van der Waals surface area contributed by atoms with Gasteiger partial charge in [-0.15, -0.1) is 11.8 Å². The fourth-order valence-electron chi connectivity index (χ4n) is 3.25. The molecule has 0 spiro atoms. The van der Waals surface area contributed by atoms with Crippen molar-refractivity contribution in [1.82, 2.24) is 0 Å². The Balaban J connectivity index is 1.83. The molecule has 0 fully saturated rings. The Bertz CT molecular complexity index is 1210. The largest absolute Gasteiger partial charge is 0.497 e. The molecule has 0 atom stereocenters. The number of methoxy groups -OCH3 is 2. The molecule has 1 amide bonds. The number of amides is 1. The maximum Gasteiger partial charge on any atom is 0.264 e. The topological polar surface area (TPSA) is 84.9 Å². The van der Waals surface area contributed by atoms with E-state index in [1.54, 1.807) is 85.4 Å². The van der Waals surface area contributed by atoms with Gasteiger partial charge in [0.15, 0.2) is 0 Å². The summed E-state index contributed by atoms with van der Waals surface area (Å²) in [5.74, 6) is 0.721. The van der Waals surface area contributed by atoms with Gasteiger partial charge in [-0.25, -0.2) is 8.42 Å². The number of sulfonamides is 1. The molecule has 0 aliphatic rings. The minimum atomic E-state index is -3.73. The molecule has 0 bridgehead atoms. The average molecular weight is 487 g/mol. The first kappa shape index (κ1) is 24.5. The first-order chi connectivity index (χ1) is 15.8. The number of nitrogens with one attached hydrogen (secondary N) is 1. The molecule has 3 aromatic carbocycles. The van der Waals surface area contributed by atoms with E-state index in [2.05, 4.69) is 5.32 Å². The molecule has 3 aromatic rings. The van der Waals surface area contributed by atoms with Crippen LogP contribution in [0.1, 0.15) is 17.3 Å². The normalized spacial score (nSPS) is 11.0. The summed E-state index contributed by atoms with van der Waals surface area (Å²) >= 11 is 1.55. The van der Waals surface area contributed by atoms with Gasteiger partial charge in [-0.3, -0.25) is 9.10 Å². The molecule has 0 aliphatic carbocycles. The van der Waals surface area contributed by atoms with E-state index in [1.165, 1.54) is 18.5 Å². The van der Waals surface area contributed by atoms with Crippen LogP contribution in [0.2, 0.25) is 0 Å². The minimum Gasteiger partial charge on any atom is -0.497 e. The van der Waals surface area contributed by atoms with Crippen LogP contribution >= 0.6 is 11.8 Å². The third kappa shape index (κ3) is 5.43. The molecule has 174 valence electrons. The number of rotatable bonds is 9. The molecule has 0 heterocycles. The quantitative estimate of drug-likeness (QED) is 0.434. The third-order valence-electron chi connectivity index (χ3n) is 5.01. The summed E-state index contributed by atoms with van der Waals surface area (Å²) in [7, 11) is -0.681. The molecule has 0 radical (unpaired) electrons. The zero-order valence-electron chi connectivity index (χ0n) is 18.9. The van der Waals surface area contributed by atoms with Gasteiger partial charge in [-0.05, 0) is 73.8 Å². The van der Waals surface area contributed by atoms with E-state index >= 15 is 0 Å². The minimum absolute atomic E-state index is 0.217. The first-order valence-corrected chi connectivity index (χ1v) is 12.8. The van der Waals surface area contributed by atoms with Gasteiger partial charge < -0.3 is 14.8 Å². The highest BCUT2D eigenvalue weighted by atomic mass is 32.2. The van der Waals surface area contributed by atoms with E-state index < -0.39 is 10.0 Å². The van der Waals surface area contributed by atoms with Crippen molar-refractivity contribution in [1.29, 1.82) is 0 Å². The summed E-state index contributed by atoms with van der Waals surface area (Å²) in [6.45, 7) is 2.02. The summed E-state index contributed by atoms with van der Waals surface area (Å²) < 4.78 is 38.2. The Morgan fingerprint density at radius 1 is 0.970 bits per heavy atom. The van der Waals surface area contributed by atoms with Crippen LogP contribution in [-0.2, 0) is 10.0 Å². The molecule has 1 N–H and O–H groups in total. The van der Waals surface area contributed by atoms with E-state index in [9.17, 15) is 13.2 Å². The van der Waals surface area contributed by atoms with Gasteiger partial charge in [0.05, 0.1) is 30.5 Å². The van der Waals surface area contributed by atoms with Gasteiger partial charge in [0.1, 0.15) is 11.5 Å². The number of ether oxygens (including phenoxy) is 2. The lowest BCUT2D eigenvalue weighted by Crippen LogP contribution is -2.30. The number of benzene rings is 3. The lowest BCUT2D eigenvalue weighted by atomic mass is 10.2. The van der Waals surface area contributed by atoms with Crippen molar-refractivity contribution in [3.8, 4) is 11.5 Å². The highest BCUT2D eigenvalue weighted by Crippen LogP contribution is 2.30. The van der Waals surface area contributed by atoms with Crippen LogP contribution in [-0.4, -0.2) is 41.3 Å². The monoisotopic (exact) mass is 486 g/mol. The van der Waals surface area contributed by atoms with Crippen LogP contribution in [0, 0.1) is 0 Å². The first-order valence-electron chi connectivity index (χ1n) is 10.1. The number of carbonyl (C=O) groups excluding carboxylic acids is 1. The predicted molar refractivity (Wildman–Crippen MR) is 132 cm³/mol. The van der Waals surface area contributed by atoms with Crippen LogP contribution in [0.4, 0.5) is 11.4 Å². The lowest BCUT2D eigenvalue weighted by molar-refractivity contribution is 0.102. The third-order valence-corrected chi connectivity index (χ3v) is 7.67. The lowest BCUT2D eigenvalue weighted by Gasteiger charge is -2.23. The van der Waals surface area contributed by atoms with E-state index in [-0.39, 0.29) is 17.3 Å². The van der Waals surface area contributed by atoms with Crippen molar-refractivity contribution in [3.05, 3.63) is 72.3 Å². The Morgan fingerprint density at radius 2 is 1.64 bits per heavy atom. The summed E-state index contributed by atoms with van der Waals surface area (Å²) in [6, 6.07) is 18.3. The Labute approximate surface area is 198 Å². The van der Waals surface area contributed by atoms with Crippen molar-refractivity contribution < 1.29 is 22.7 Å². The Hall–Kier alpha value is -3.17. The van der Waals surface area contributed by atoms with Crippen molar-refractivity contribution in [2.24, 2.45) is 0 Å². The van der Waals surface area contributed by atoms with Gasteiger partial charge in [0.2, 0.25) is 0 Å². The maximum absolute atomic E-state index is 13.2. The molecule has 0 unspecified atom stereocenters. The van der Waals surface area contributed by atoms with E-state index in [0.717, 1.165) is 4.90 Å². The van der Waals surface area contributed by atoms with Gasteiger partial charge in [-0.1, -0.05) is 0 Å². The molecule has 0 aliphatic heterocycles. The molecule has 0 saturated carbocycles. The molecule has 3 rings (SSSR count). The highest BCUT2D eigenvalue weighted by Gasteiger charge is 2.24. The summed E-state index contributed by atoms with van der Waals surface area (Å²) in [4.78, 5) is 14.0. The summed E-state index contributed by atoms with van der Waals surface area (Å²) in [5.41, 5.74) is 1.32. The smallest absolute Gasteiger partial charge is 0.264 e. The summed E-state index contributed by atoms with van der Waals surface area (Å²) in [6.07, 6.45) is 1.93. The second-order valence-electron chi connectivity index (χ2n) is 6.91. The standard InChI is InChI=1S/C24H26N2O5S2/c1-5-26(33(28,29)21-13-11-20(32-4)12-14-21)18-8-6-17(7-9-18)24(27)25-22-16-19(30-2)10-15-23(22)31-3/h6-16H,5H2,1-4H3,(H,25,27). The molecule has 0 saturated heterocycles. The van der Waals surface area contributed by atoms with Gasteiger partial charge in [-0.2, -0.15) is 0 Å². The Morgan fingerprint density at radius 3 is 2.18 bits per heavy atom. The van der Waals surface area contributed by atoms with Crippen LogP contribution in [0.15, 0.2) is 76.5 Å². The molecule has 33 heavy (non-hydrogen) atoms. The molecular formula is C24H26N2O5S2. The number of carbonyl (C=O) groups is 1. The predicted octanol–water partition coefficient (Wildman–Crippen LogP) is 4.89.